The second-order valence-corrected chi connectivity index (χ2v) is 6.52. The lowest BCUT2D eigenvalue weighted by Crippen LogP contribution is -2.20. The Morgan fingerprint density at radius 1 is 1.00 bits per heavy atom. The number of benzene rings is 1. The van der Waals surface area contributed by atoms with Gasteiger partial charge >= 0.3 is 6.18 Å². The van der Waals surface area contributed by atoms with E-state index in [1.165, 1.54) is 31.3 Å². The average Bonchev–Trinajstić information content (AvgIpc) is 2.87. The van der Waals surface area contributed by atoms with E-state index in [0.717, 1.165) is 37.8 Å². The molecule has 1 heterocycles. The van der Waals surface area contributed by atoms with E-state index in [2.05, 4.69) is 20.6 Å². The van der Waals surface area contributed by atoms with Crippen molar-refractivity contribution in [2.75, 3.05) is 16.4 Å². The van der Waals surface area contributed by atoms with Gasteiger partial charge in [-0.15, -0.1) is 0 Å². The first-order valence-electron chi connectivity index (χ1n) is 8.75. The van der Waals surface area contributed by atoms with Gasteiger partial charge in [0.05, 0.1) is 5.56 Å². The molecule has 0 bridgehead atoms. The molecular weight excluding hydrogens is 343 g/mol. The van der Waals surface area contributed by atoms with Crippen molar-refractivity contribution in [3.63, 3.8) is 0 Å². The highest BCUT2D eigenvalue weighted by Gasteiger charge is 2.30. The Balaban J connectivity index is 1.77. The fraction of sp³-hybridized carbons (Fsp3) is 0.444. The Labute approximate surface area is 150 Å². The summed E-state index contributed by atoms with van der Waals surface area (Å²) in [5, 5.41) is 6.21. The molecule has 0 amide bonds. The van der Waals surface area contributed by atoms with Gasteiger partial charge in [0.1, 0.15) is 12.0 Å². The van der Waals surface area contributed by atoms with Crippen LogP contribution in [0.3, 0.4) is 0 Å². The second kappa shape index (κ2) is 7.80. The van der Waals surface area contributed by atoms with Gasteiger partial charge in [-0.3, -0.25) is 0 Å². The molecule has 1 aromatic heterocycles. The maximum atomic E-state index is 12.9. The topological polar surface area (TPSA) is 75.9 Å². The zero-order chi connectivity index (χ0) is 18.6. The number of nitrogens with two attached hydrogens (primary N) is 1. The Hall–Kier alpha value is -2.51. The monoisotopic (exact) mass is 365 g/mol. The molecule has 1 aromatic carbocycles. The van der Waals surface area contributed by atoms with Gasteiger partial charge in [0.25, 0.3) is 0 Å². The SMILES string of the molecule is Nc1c(Nc2cccc(C(F)(F)F)c2)ncnc1NC1CCCCCC1. The number of nitrogens with one attached hydrogen (secondary N) is 2. The quantitative estimate of drug-likeness (QED) is 0.668. The summed E-state index contributed by atoms with van der Waals surface area (Å²) in [6, 6.07) is 5.23. The van der Waals surface area contributed by atoms with E-state index in [4.69, 9.17) is 5.73 Å². The maximum absolute atomic E-state index is 12.9. The van der Waals surface area contributed by atoms with Crippen molar-refractivity contribution in [3.05, 3.63) is 36.2 Å². The highest BCUT2D eigenvalue weighted by Crippen LogP contribution is 2.33. The Kier molecular flexibility index (Phi) is 5.49. The third kappa shape index (κ3) is 4.56. The number of rotatable bonds is 4. The van der Waals surface area contributed by atoms with Crippen molar-refractivity contribution in [3.8, 4) is 0 Å². The first-order valence-corrected chi connectivity index (χ1v) is 8.75. The third-order valence-corrected chi connectivity index (χ3v) is 4.53. The van der Waals surface area contributed by atoms with Crippen LogP contribution in [0.15, 0.2) is 30.6 Å². The molecule has 1 aliphatic carbocycles. The molecule has 0 saturated heterocycles. The number of hydrogen-bond donors (Lipinski definition) is 3. The van der Waals surface area contributed by atoms with E-state index in [0.29, 0.717) is 17.5 Å². The summed E-state index contributed by atoms with van der Waals surface area (Å²) in [5.74, 6) is 0.803. The fourth-order valence-electron chi connectivity index (χ4n) is 3.14. The minimum Gasteiger partial charge on any atom is -0.393 e. The molecule has 4 N–H and O–H groups in total. The molecule has 3 rings (SSSR count). The van der Waals surface area contributed by atoms with Crippen molar-refractivity contribution in [1.82, 2.24) is 9.97 Å². The minimum absolute atomic E-state index is 0.269. The highest BCUT2D eigenvalue weighted by molar-refractivity contribution is 5.77. The number of nitrogens with zero attached hydrogens (tertiary/aromatic N) is 2. The summed E-state index contributed by atoms with van der Waals surface area (Å²) in [6.07, 6.45) is 3.86. The Morgan fingerprint density at radius 2 is 1.69 bits per heavy atom. The summed E-state index contributed by atoms with van der Waals surface area (Å²) < 4.78 is 38.6. The van der Waals surface area contributed by atoms with Crippen LogP contribution in [0.4, 0.5) is 36.2 Å². The van der Waals surface area contributed by atoms with Crippen molar-refractivity contribution in [2.45, 2.75) is 50.7 Å². The second-order valence-electron chi connectivity index (χ2n) is 6.52. The minimum atomic E-state index is -4.40. The molecule has 140 valence electrons. The molecule has 5 nitrogen and oxygen atoms in total. The predicted molar refractivity (Wildman–Crippen MR) is 96.3 cm³/mol. The van der Waals surface area contributed by atoms with Crippen LogP contribution in [-0.2, 0) is 6.18 Å². The van der Waals surface area contributed by atoms with Gasteiger partial charge in [-0.25, -0.2) is 9.97 Å². The molecule has 0 spiro atoms. The lowest BCUT2D eigenvalue weighted by molar-refractivity contribution is -0.137. The average molecular weight is 365 g/mol. The summed E-state index contributed by atoms with van der Waals surface area (Å²) in [6.45, 7) is 0. The first-order chi connectivity index (χ1) is 12.4. The van der Waals surface area contributed by atoms with Crippen LogP contribution in [0, 0.1) is 0 Å². The van der Waals surface area contributed by atoms with E-state index in [1.807, 2.05) is 0 Å². The largest absolute Gasteiger partial charge is 0.416 e. The van der Waals surface area contributed by atoms with Crippen LogP contribution >= 0.6 is 0 Å². The van der Waals surface area contributed by atoms with E-state index in [1.54, 1.807) is 0 Å². The summed E-state index contributed by atoms with van der Waals surface area (Å²) in [7, 11) is 0. The van der Waals surface area contributed by atoms with Gasteiger partial charge in [-0.2, -0.15) is 13.2 Å². The number of alkyl halides is 3. The lowest BCUT2D eigenvalue weighted by Gasteiger charge is -2.19. The van der Waals surface area contributed by atoms with Gasteiger partial charge in [-0.05, 0) is 31.0 Å². The Bertz CT molecular complexity index is 740. The predicted octanol–water partition coefficient (Wildman–Crippen LogP) is 4.96. The van der Waals surface area contributed by atoms with Gasteiger partial charge < -0.3 is 16.4 Å². The van der Waals surface area contributed by atoms with Crippen LogP contribution in [-0.4, -0.2) is 16.0 Å². The number of nitrogen functional groups attached to an aromatic ring is 1. The fourth-order valence-corrected chi connectivity index (χ4v) is 3.14. The molecule has 0 aliphatic heterocycles. The van der Waals surface area contributed by atoms with Crippen molar-refractivity contribution < 1.29 is 13.2 Å². The zero-order valence-electron chi connectivity index (χ0n) is 14.3. The molecule has 1 saturated carbocycles. The van der Waals surface area contributed by atoms with Gasteiger partial charge in [0.15, 0.2) is 11.6 Å². The molecular formula is C18H22F3N5. The number of hydrogen-bond acceptors (Lipinski definition) is 5. The van der Waals surface area contributed by atoms with E-state index < -0.39 is 11.7 Å². The zero-order valence-corrected chi connectivity index (χ0v) is 14.3. The van der Waals surface area contributed by atoms with Crippen molar-refractivity contribution >= 4 is 23.0 Å². The molecule has 26 heavy (non-hydrogen) atoms. The summed E-state index contributed by atoms with van der Waals surface area (Å²) >= 11 is 0. The van der Waals surface area contributed by atoms with Gasteiger partial charge in [0, 0.05) is 11.7 Å². The molecule has 8 heteroatoms. The molecule has 0 atom stereocenters. The molecule has 1 aliphatic rings. The standard InChI is InChI=1S/C18H22F3N5/c19-18(20,21)12-6-5-9-14(10-12)26-17-15(22)16(23-11-24-17)25-13-7-3-1-2-4-8-13/h5-6,9-11,13H,1-4,7-8,22H2,(H2,23,24,25,26). The van der Waals surface area contributed by atoms with E-state index >= 15 is 0 Å². The number of halogens is 3. The van der Waals surface area contributed by atoms with Crippen LogP contribution < -0.4 is 16.4 Å². The molecule has 0 radical (unpaired) electrons. The van der Waals surface area contributed by atoms with Crippen LogP contribution in [0.1, 0.15) is 44.1 Å². The van der Waals surface area contributed by atoms with Crippen molar-refractivity contribution in [1.29, 1.82) is 0 Å². The highest BCUT2D eigenvalue weighted by atomic mass is 19.4. The summed E-state index contributed by atoms with van der Waals surface area (Å²) in [5.41, 5.74) is 5.98. The van der Waals surface area contributed by atoms with Crippen LogP contribution in [0.25, 0.3) is 0 Å². The first kappa shape index (κ1) is 18.3. The van der Waals surface area contributed by atoms with Crippen molar-refractivity contribution in [2.24, 2.45) is 0 Å². The molecule has 0 unspecified atom stereocenters. The number of aromatic nitrogens is 2. The van der Waals surface area contributed by atoms with E-state index in [9.17, 15) is 13.2 Å². The van der Waals surface area contributed by atoms with Crippen LogP contribution in [0.5, 0.6) is 0 Å². The molecule has 1 fully saturated rings. The molecule has 2 aromatic rings. The maximum Gasteiger partial charge on any atom is 0.416 e. The smallest absolute Gasteiger partial charge is 0.393 e. The Morgan fingerprint density at radius 3 is 2.38 bits per heavy atom. The number of anilines is 4. The van der Waals surface area contributed by atoms with Gasteiger partial charge in [-0.1, -0.05) is 31.7 Å². The van der Waals surface area contributed by atoms with E-state index in [-0.39, 0.29) is 11.5 Å². The lowest BCUT2D eigenvalue weighted by atomic mass is 10.1. The van der Waals surface area contributed by atoms with Gasteiger partial charge in [0.2, 0.25) is 0 Å². The van der Waals surface area contributed by atoms with Crippen LogP contribution in [0.2, 0.25) is 0 Å². The normalized spacial score (nSPS) is 16.1. The summed E-state index contributed by atoms with van der Waals surface area (Å²) in [4.78, 5) is 8.26. The third-order valence-electron chi connectivity index (χ3n) is 4.53.